The zero-order valence-electron chi connectivity index (χ0n) is 12.9. The van der Waals surface area contributed by atoms with Crippen LogP contribution in [0.2, 0.25) is 0 Å². The van der Waals surface area contributed by atoms with Gasteiger partial charge in [0.15, 0.2) is 5.75 Å². The van der Waals surface area contributed by atoms with Crippen molar-refractivity contribution in [3.8, 4) is 11.5 Å². The maximum Gasteiger partial charge on any atom is 0.265 e. The van der Waals surface area contributed by atoms with Crippen molar-refractivity contribution in [1.29, 1.82) is 0 Å². The van der Waals surface area contributed by atoms with E-state index in [9.17, 15) is 15.0 Å². The highest BCUT2D eigenvalue weighted by molar-refractivity contribution is 5.96. The Hall–Kier alpha value is -2.43. The van der Waals surface area contributed by atoms with Gasteiger partial charge in [-0.2, -0.15) is 0 Å². The highest BCUT2D eigenvalue weighted by Crippen LogP contribution is 2.40. The lowest BCUT2D eigenvalue weighted by Gasteiger charge is -2.19. The third-order valence-corrected chi connectivity index (χ3v) is 4.43. The molecule has 2 aromatic rings. The first-order valence-corrected chi connectivity index (χ1v) is 8.03. The quantitative estimate of drug-likeness (QED) is 0.629. The van der Waals surface area contributed by atoms with Crippen molar-refractivity contribution in [2.45, 2.75) is 38.5 Å². The SMILES string of the molecule is O=C(CC1CCCCC1)N=Nc1cc(O)c2ccccc2c1O. The molecule has 0 bridgehead atoms. The fourth-order valence-corrected chi connectivity index (χ4v) is 3.19. The summed E-state index contributed by atoms with van der Waals surface area (Å²) in [5.74, 6) is 0.0532. The van der Waals surface area contributed by atoms with E-state index in [0.717, 1.165) is 12.8 Å². The molecule has 0 saturated heterocycles. The monoisotopic (exact) mass is 312 g/mol. The van der Waals surface area contributed by atoms with Crippen molar-refractivity contribution in [2.75, 3.05) is 0 Å². The van der Waals surface area contributed by atoms with Crippen LogP contribution in [0.15, 0.2) is 40.6 Å². The number of fused-ring (bicyclic) bond motifs is 1. The Morgan fingerprint density at radius 1 is 1.09 bits per heavy atom. The van der Waals surface area contributed by atoms with Gasteiger partial charge in [-0.15, -0.1) is 10.2 Å². The number of phenols is 2. The van der Waals surface area contributed by atoms with Gasteiger partial charge in [0.2, 0.25) is 0 Å². The van der Waals surface area contributed by atoms with E-state index in [1.807, 2.05) is 0 Å². The first-order chi connectivity index (χ1) is 11.1. The molecule has 3 rings (SSSR count). The number of rotatable bonds is 3. The summed E-state index contributed by atoms with van der Waals surface area (Å²) >= 11 is 0. The van der Waals surface area contributed by atoms with Gasteiger partial charge in [-0.3, -0.25) is 4.79 Å². The van der Waals surface area contributed by atoms with Gasteiger partial charge in [0.05, 0.1) is 0 Å². The van der Waals surface area contributed by atoms with Crippen molar-refractivity contribution >= 4 is 22.4 Å². The third-order valence-electron chi connectivity index (χ3n) is 4.43. The van der Waals surface area contributed by atoms with Crippen LogP contribution in [-0.4, -0.2) is 16.1 Å². The molecule has 1 amide bonds. The Labute approximate surface area is 134 Å². The van der Waals surface area contributed by atoms with Gasteiger partial charge in [-0.05, 0) is 18.8 Å². The van der Waals surface area contributed by atoms with Gasteiger partial charge in [0, 0.05) is 23.3 Å². The van der Waals surface area contributed by atoms with Crippen LogP contribution in [0.1, 0.15) is 38.5 Å². The second kappa shape index (κ2) is 6.77. The lowest BCUT2D eigenvalue weighted by Crippen LogP contribution is -2.10. The van der Waals surface area contributed by atoms with Crippen LogP contribution < -0.4 is 0 Å². The molecule has 1 fully saturated rings. The van der Waals surface area contributed by atoms with Crippen LogP contribution in [0.25, 0.3) is 10.8 Å². The summed E-state index contributed by atoms with van der Waals surface area (Å²) in [6.07, 6.45) is 6.15. The average molecular weight is 312 g/mol. The molecule has 0 radical (unpaired) electrons. The summed E-state index contributed by atoms with van der Waals surface area (Å²) < 4.78 is 0. The summed E-state index contributed by atoms with van der Waals surface area (Å²) in [5.41, 5.74) is 0.109. The van der Waals surface area contributed by atoms with Gasteiger partial charge in [-0.1, -0.05) is 43.5 Å². The predicted octanol–water partition coefficient (Wildman–Crippen LogP) is 4.83. The molecular formula is C18H20N2O3. The van der Waals surface area contributed by atoms with E-state index >= 15 is 0 Å². The molecule has 5 nitrogen and oxygen atoms in total. The average Bonchev–Trinajstić information content (AvgIpc) is 2.58. The minimum Gasteiger partial charge on any atom is -0.507 e. The van der Waals surface area contributed by atoms with Gasteiger partial charge >= 0.3 is 0 Å². The smallest absolute Gasteiger partial charge is 0.265 e. The summed E-state index contributed by atoms with van der Waals surface area (Å²) in [6, 6.07) is 8.26. The molecule has 0 spiro atoms. The summed E-state index contributed by atoms with van der Waals surface area (Å²) in [5, 5.41) is 28.8. The largest absolute Gasteiger partial charge is 0.507 e. The molecule has 1 saturated carbocycles. The molecule has 1 aliphatic rings. The molecule has 0 atom stereocenters. The highest BCUT2D eigenvalue weighted by atomic mass is 16.3. The molecule has 0 unspecified atom stereocenters. The number of amides is 1. The number of benzene rings is 2. The molecule has 0 aliphatic heterocycles. The van der Waals surface area contributed by atoms with E-state index in [0.29, 0.717) is 23.1 Å². The maximum atomic E-state index is 11.9. The van der Waals surface area contributed by atoms with E-state index in [4.69, 9.17) is 0 Å². The van der Waals surface area contributed by atoms with E-state index in [-0.39, 0.29) is 23.1 Å². The highest BCUT2D eigenvalue weighted by Gasteiger charge is 2.17. The summed E-state index contributed by atoms with van der Waals surface area (Å²) in [4.78, 5) is 11.9. The van der Waals surface area contributed by atoms with Crippen molar-refractivity contribution in [3.63, 3.8) is 0 Å². The second-order valence-corrected chi connectivity index (χ2v) is 6.11. The number of nitrogens with zero attached hydrogens (tertiary/aromatic N) is 2. The molecule has 1 aliphatic carbocycles. The van der Waals surface area contributed by atoms with Crippen molar-refractivity contribution in [3.05, 3.63) is 30.3 Å². The molecule has 2 N–H and O–H groups in total. The lowest BCUT2D eigenvalue weighted by atomic mass is 9.87. The van der Waals surface area contributed by atoms with E-state index in [1.165, 1.54) is 25.3 Å². The minimum absolute atomic E-state index is 0.00656. The van der Waals surface area contributed by atoms with Crippen LogP contribution in [-0.2, 0) is 4.79 Å². The molecule has 120 valence electrons. The molecule has 0 aromatic heterocycles. The maximum absolute atomic E-state index is 11.9. The first-order valence-electron chi connectivity index (χ1n) is 8.03. The number of carbonyl (C=O) groups is 1. The van der Waals surface area contributed by atoms with E-state index in [2.05, 4.69) is 10.2 Å². The van der Waals surface area contributed by atoms with Gasteiger partial charge in [0.1, 0.15) is 11.4 Å². The van der Waals surface area contributed by atoms with Crippen LogP contribution in [0.3, 0.4) is 0 Å². The summed E-state index contributed by atoms with van der Waals surface area (Å²) in [7, 11) is 0. The fraction of sp³-hybridized carbons (Fsp3) is 0.389. The Kier molecular flexibility index (Phi) is 4.55. The van der Waals surface area contributed by atoms with Gasteiger partial charge < -0.3 is 10.2 Å². The Morgan fingerprint density at radius 2 is 1.78 bits per heavy atom. The Bertz CT molecular complexity index is 749. The van der Waals surface area contributed by atoms with Crippen LogP contribution in [0.5, 0.6) is 11.5 Å². The van der Waals surface area contributed by atoms with Gasteiger partial charge in [0.25, 0.3) is 5.91 Å². The molecule has 5 heteroatoms. The number of hydrogen-bond acceptors (Lipinski definition) is 4. The van der Waals surface area contributed by atoms with Gasteiger partial charge in [-0.25, -0.2) is 0 Å². The van der Waals surface area contributed by atoms with Crippen LogP contribution in [0, 0.1) is 5.92 Å². The molecule has 2 aromatic carbocycles. The van der Waals surface area contributed by atoms with Crippen molar-refractivity contribution < 1.29 is 15.0 Å². The number of carbonyl (C=O) groups excluding carboxylic acids is 1. The second-order valence-electron chi connectivity index (χ2n) is 6.11. The van der Waals surface area contributed by atoms with Crippen LogP contribution in [0.4, 0.5) is 5.69 Å². The standard InChI is InChI=1S/C18H20N2O3/c21-16-11-15(18(23)14-9-5-4-8-13(14)16)19-20-17(22)10-12-6-2-1-3-7-12/h4-5,8-9,11-12,21,23H,1-3,6-7,10H2. The van der Waals surface area contributed by atoms with Crippen LogP contribution >= 0.6 is 0 Å². The Morgan fingerprint density at radius 3 is 2.52 bits per heavy atom. The zero-order valence-corrected chi connectivity index (χ0v) is 12.9. The lowest BCUT2D eigenvalue weighted by molar-refractivity contribution is -0.119. The molecular weight excluding hydrogens is 292 g/mol. The minimum atomic E-state index is -0.274. The first kappa shape index (κ1) is 15.5. The van der Waals surface area contributed by atoms with E-state index in [1.54, 1.807) is 24.3 Å². The topological polar surface area (TPSA) is 82.2 Å². The van der Waals surface area contributed by atoms with Crippen molar-refractivity contribution in [2.24, 2.45) is 16.1 Å². The number of hydrogen-bond donors (Lipinski definition) is 2. The number of aromatic hydroxyl groups is 2. The third kappa shape index (κ3) is 3.50. The predicted molar refractivity (Wildman–Crippen MR) is 88.0 cm³/mol. The number of azo groups is 1. The Balaban J connectivity index is 1.77. The number of phenolic OH excluding ortho intramolecular Hbond substituents is 2. The summed E-state index contributed by atoms with van der Waals surface area (Å²) in [6.45, 7) is 0. The zero-order chi connectivity index (χ0) is 16.2. The fourth-order valence-electron chi connectivity index (χ4n) is 3.19. The van der Waals surface area contributed by atoms with E-state index < -0.39 is 0 Å². The van der Waals surface area contributed by atoms with Crippen molar-refractivity contribution in [1.82, 2.24) is 0 Å². The molecule has 23 heavy (non-hydrogen) atoms. The molecule has 0 heterocycles. The normalized spacial score (nSPS) is 16.2.